The van der Waals surface area contributed by atoms with Crippen LogP contribution >= 0.6 is 43.6 Å². The molecule has 2 aromatic rings. The molecule has 10 heteroatoms. The van der Waals surface area contributed by atoms with Gasteiger partial charge in [-0.1, -0.05) is 22.9 Å². The first kappa shape index (κ1) is 25.3. The Morgan fingerprint density at radius 2 is 1.85 bits per heavy atom. The molecule has 0 aliphatic carbocycles. The Morgan fingerprint density at radius 1 is 1.12 bits per heavy atom. The highest BCUT2D eigenvalue weighted by Crippen LogP contribution is 2.39. The van der Waals surface area contributed by atoms with Gasteiger partial charge >= 0.3 is 0 Å². The molecular weight excluding hydrogens is 576 g/mol. The van der Waals surface area contributed by atoms with E-state index in [1.165, 1.54) is 0 Å². The summed E-state index contributed by atoms with van der Waals surface area (Å²) in [4.78, 5) is 38.8. The van der Waals surface area contributed by atoms with E-state index in [1.807, 2.05) is 13.8 Å². The summed E-state index contributed by atoms with van der Waals surface area (Å²) < 4.78 is 13.0. The zero-order valence-corrected chi connectivity index (χ0v) is 22.0. The Hall–Kier alpha value is -2.30. The summed E-state index contributed by atoms with van der Waals surface area (Å²) in [5.41, 5.74) is 1.24. The molecule has 1 heterocycles. The number of nitrogens with one attached hydrogen (secondary N) is 1. The number of thioether (sulfide) groups is 1. The van der Waals surface area contributed by atoms with Crippen molar-refractivity contribution in [2.45, 2.75) is 20.3 Å². The molecule has 3 amide bonds. The van der Waals surface area contributed by atoms with Gasteiger partial charge in [0.25, 0.3) is 11.1 Å². The molecule has 0 saturated carbocycles. The fourth-order valence-electron chi connectivity index (χ4n) is 2.94. The summed E-state index contributed by atoms with van der Waals surface area (Å²) in [5, 5.41) is 2.19. The average molecular weight is 598 g/mol. The van der Waals surface area contributed by atoms with Crippen LogP contribution in [0.4, 0.5) is 10.5 Å². The molecule has 1 aliphatic heterocycles. The lowest BCUT2D eigenvalue weighted by molar-refractivity contribution is -0.127. The van der Waals surface area contributed by atoms with Gasteiger partial charge in [0.05, 0.1) is 22.6 Å². The monoisotopic (exact) mass is 596 g/mol. The molecular formula is C23H22Br2N2O5S. The van der Waals surface area contributed by atoms with Crippen molar-refractivity contribution in [1.29, 1.82) is 0 Å². The molecule has 0 radical (unpaired) electrons. The second-order valence-corrected chi connectivity index (χ2v) is 9.70. The Bertz CT molecular complexity index is 1090. The average Bonchev–Trinajstić information content (AvgIpc) is 3.02. The van der Waals surface area contributed by atoms with Crippen LogP contribution in [0.3, 0.4) is 0 Å². The number of rotatable bonds is 9. The zero-order chi connectivity index (χ0) is 24.0. The van der Waals surface area contributed by atoms with E-state index < -0.39 is 17.1 Å². The number of carbonyl (C=O) groups is 3. The van der Waals surface area contributed by atoms with E-state index in [9.17, 15) is 14.4 Å². The number of benzene rings is 2. The molecule has 1 N–H and O–H groups in total. The molecule has 0 unspecified atom stereocenters. The Labute approximate surface area is 213 Å². The van der Waals surface area contributed by atoms with E-state index >= 15 is 0 Å². The molecule has 0 atom stereocenters. The van der Waals surface area contributed by atoms with Crippen molar-refractivity contribution >= 4 is 72.4 Å². The number of ether oxygens (including phenoxy) is 2. The standard InChI is InChI=1S/C23H22Br2N2O5S/c1-3-9-32-21-17(25)10-14(11-18(21)31-4-2)12-19-22(29)27(23(30)33-19)13-20(28)26-16-7-5-15(24)6-8-16/h5-8,10-12H,3-4,9,13H2,1-2H3,(H,26,28)/b19-12-. The number of hydrogen-bond donors (Lipinski definition) is 1. The summed E-state index contributed by atoms with van der Waals surface area (Å²) in [6, 6.07) is 10.6. The number of halogens is 2. The van der Waals surface area contributed by atoms with Crippen LogP contribution < -0.4 is 14.8 Å². The first-order valence-corrected chi connectivity index (χ1v) is 12.6. The van der Waals surface area contributed by atoms with Gasteiger partial charge in [-0.15, -0.1) is 0 Å². The molecule has 1 saturated heterocycles. The van der Waals surface area contributed by atoms with Crippen molar-refractivity contribution in [3.8, 4) is 11.5 Å². The third kappa shape index (κ3) is 6.61. The molecule has 0 bridgehead atoms. The van der Waals surface area contributed by atoms with Crippen LogP contribution in [-0.4, -0.2) is 41.7 Å². The maximum Gasteiger partial charge on any atom is 0.294 e. The van der Waals surface area contributed by atoms with Gasteiger partial charge < -0.3 is 14.8 Å². The van der Waals surface area contributed by atoms with Gasteiger partial charge in [0, 0.05) is 10.2 Å². The topological polar surface area (TPSA) is 84.9 Å². The molecule has 3 rings (SSSR count). The lowest BCUT2D eigenvalue weighted by Gasteiger charge is -2.14. The maximum absolute atomic E-state index is 12.8. The number of hydrogen-bond acceptors (Lipinski definition) is 6. The van der Waals surface area contributed by atoms with Gasteiger partial charge in [-0.2, -0.15) is 0 Å². The number of nitrogens with zero attached hydrogens (tertiary/aromatic N) is 1. The van der Waals surface area contributed by atoms with Crippen LogP contribution in [0.25, 0.3) is 6.08 Å². The normalized spacial score (nSPS) is 14.7. The minimum absolute atomic E-state index is 0.230. The molecule has 33 heavy (non-hydrogen) atoms. The van der Waals surface area contributed by atoms with Gasteiger partial charge in [0.2, 0.25) is 5.91 Å². The van der Waals surface area contributed by atoms with E-state index in [2.05, 4.69) is 37.2 Å². The highest BCUT2D eigenvalue weighted by molar-refractivity contribution is 9.10. The predicted molar refractivity (Wildman–Crippen MR) is 137 cm³/mol. The van der Waals surface area contributed by atoms with Crippen molar-refractivity contribution in [2.75, 3.05) is 25.1 Å². The fraction of sp³-hybridized carbons (Fsp3) is 0.261. The van der Waals surface area contributed by atoms with E-state index in [4.69, 9.17) is 9.47 Å². The minimum atomic E-state index is -0.517. The van der Waals surface area contributed by atoms with Gasteiger partial charge in [-0.25, -0.2) is 0 Å². The van der Waals surface area contributed by atoms with Crippen LogP contribution in [0.5, 0.6) is 11.5 Å². The van der Waals surface area contributed by atoms with Crippen LogP contribution in [0, 0.1) is 0 Å². The Kier molecular flexibility index (Phi) is 8.99. The number of amides is 3. The third-order valence-electron chi connectivity index (χ3n) is 4.38. The van der Waals surface area contributed by atoms with Crippen LogP contribution in [0.2, 0.25) is 0 Å². The smallest absolute Gasteiger partial charge is 0.294 e. The number of anilines is 1. The summed E-state index contributed by atoms with van der Waals surface area (Å²) in [7, 11) is 0. The minimum Gasteiger partial charge on any atom is -0.490 e. The van der Waals surface area contributed by atoms with Crippen molar-refractivity contribution in [3.05, 3.63) is 55.8 Å². The van der Waals surface area contributed by atoms with E-state index in [-0.39, 0.29) is 11.4 Å². The zero-order valence-electron chi connectivity index (χ0n) is 18.0. The summed E-state index contributed by atoms with van der Waals surface area (Å²) in [6.07, 6.45) is 2.46. The summed E-state index contributed by atoms with van der Waals surface area (Å²) >= 11 is 7.62. The highest BCUT2D eigenvalue weighted by atomic mass is 79.9. The second kappa shape index (κ2) is 11.7. The quantitative estimate of drug-likeness (QED) is 0.353. The second-order valence-electron chi connectivity index (χ2n) is 6.93. The first-order valence-electron chi connectivity index (χ1n) is 10.2. The fourth-order valence-corrected chi connectivity index (χ4v) is 4.62. The highest BCUT2D eigenvalue weighted by Gasteiger charge is 2.36. The molecule has 0 spiro atoms. The lowest BCUT2D eigenvalue weighted by Crippen LogP contribution is -2.36. The number of carbonyl (C=O) groups excluding carboxylic acids is 3. The Balaban J connectivity index is 1.75. The molecule has 0 aromatic heterocycles. The van der Waals surface area contributed by atoms with Gasteiger partial charge in [0.15, 0.2) is 11.5 Å². The van der Waals surface area contributed by atoms with Crippen molar-refractivity contribution < 1.29 is 23.9 Å². The van der Waals surface area contributed by atoms with Gasteiger partial charge in [0.1, 0.15) is 6.54 Å². The van der Waals surface area contributed by atoms with E-state index in [1.54, 1.807) is 42.5 Å². The summed E-state index contributed by atoms with van der Waals surface area (Å²) in [5.74, 6) is 0.157. The SMILES string of the molecule is CCCOc1c(Br)cc(/C=C2\SC(=O)N(CC(=O)Nc3ccc(Br)cc3)C2=O)cc1OCC. The van der Waals surface area contributed by atoms with Gasteiger partial charge in [-0.05, 0) is 89.1 Å². The van der Waals surface area contributed by atoms with E-state index in [0.29, 0.717) is 40.4 Å². The van der Waals surface area contributed by atoms with Gasteiger partial charge in [-0.3, -0.25) is 19.3 Å². The van der Waals surface area contributed by atoms with Crippen LogP contribution in [0.15, 0.2) is 50.2 Å². The third-order valence-corrected chi connectivity index (χ3v) is 6.41. The maximum atomic E-state index is 12.8. The van der Waals surface area contributed by atoms with Crippen LogP contribution in [0.1, 0.15) is 25.8 Å². The molecule has 7 nitrogen and oxygen atoms in total. The largest absolute Gasteiger partial charge is 0.490 e. The summed E-state index contributed by atoms with van der Waals surface area (Å²) in [6.45, 7) is 4.50. The van der Waals surface area contributed by atoms with Crippen LogP contribution in [-0.2, 0) is 9.59 Å². The van der Waals surface area contributed by atoms with E-state index in [0.717, 1.165) is 27.6 Å². The molecule has 2 aromatic carbocycles. The number of imide groups is 1. The first-order chi connectivity index (χ1) is 15.8. The predicted octanol–water partition coefficient (Wildman–Crippen LogP) is 6.07. The van der Waals surface area contributed by atoms with Crippen molar-refractivity contribution in [1.82, 2.24) is 4.90 Å². The molecule has 1 fully saturated rings. The Morgan fingerprint density at radius 3 is 2.52 bits per heavy atom. The van der Waals surface area contributed by atoms with Crippen molar-refractivity contribution in [3.63, 3.8) is 0 Å². The van der Waals surface area contributed by atoms with Crippen molar-refractivity contribution in [2.24, 2.45) is 0 Å². The molecule has 174 valence electrons. The lowest BCUT2D eigenvalue weighted by atomic mass is 10.2. The molecule has 1 aliphatic rings.